The van der Waals surface area contributed by atoms with E-state index in [-0.39, 0.29) is 11.6 Å². The molecule has 0 bridgehead atoms. The summed E-state index contributed by atoms with van der Waals surface area (Å²) in [6.45, 7) is 3.92. The molecule has 2 aromatic rings. The fraction of sp³-hybridized carbons (Fsp3) is 0.429. The number of nitrogens with zero attached hydrogens (tertiary/aromatic N) is 5. The Morgan fingerprint density at radius 3 is 2.68 bits per heavy atom. The van der Waals surface area contributed by atoms with Gasteiger partial charge in [0, 0.05) is 38.6 Å². The lowest BCUT2D eigenvalue weighted by atomic mass is 10.2. The Morgan fingerprint density at radius 1 is 1.45 bits per heavy atom. The van der Waals surface area contributed by atoms with Gasteiger partial charge in [-0.25, -0.2) is 9.48 Å². The van der Waals surface area contributed by atoms with Gasteiger partial charge >= 0.3 is 5.97 Å². The fourth-order valence-electron chi connectivity index (χ4n) is 2.35. The third kappa shape index (κ3) is 3.00. The highest BCUT2D eigenvalue weighted by atomic mass is 16.4. The summed E-state index contributed by atoms with van der Waals surface area (Å²) in [5.41, 5.74) is 1.80. The van der Waals surface area contributed by atoms with Crippen LogP contribution in [0.3, 0.4) is 0 Å². The summed E-state index contributed by atoms with van der Waals surface area (Å²) >= 11 is 0. The first-order valence-corrected chi connectivity index (χ1v) is 6.82. The standard InChI is InChI=1S/C14H19N5O3/c1-9-11(8-18(4)16-9)7-17(3)13(20)10(2)19-12(14(21)22)5-6-15-19/h5-6,8,10H,7H2,1-4H3,(H,21,22). The van der Waals surface area contributed by atoms with E-state index in [1.807, 2.05) is 20.2 Å². The number of aromatic carboxylic acids is 1. The maximum atomic E-state index is 12.5. The first-order valence-electron chi connectivity index (χ1n) is 6.82. The molecule has 22 heavy (non-hydrogen) atoms. The van der Waals surface area contributed by atoms with Gasteiger partial charge in [0.2, 0.25) is 5.91 Å². The van der Waals surface area contributed by atoms with Gasteiger partial charge in [0.15, 0.2) is 0 Å². The largest absolute Gasteiger partial charge is 0.477 e. The zero-order valence-electron chi connectivity index (χ0n) is 13.0. The summed E-state index contributed by atoms with van der Waals surface area (Å²) in [5, 5.41) is 17.3. The minimum atomic E-state index is -1.11. The minimum absolute atomic E-state index is 0.00758. The van der Waals surface area contributed by atoms with E-state index in [9.17, 15) is 9.59 Å². The molecule has 2 heterocycles. The van der Waals surface area contributed by atoms with E-state index >= 15 is 0 Å². The van der Waals surface area contributed by atoms with Crippen molar-refractivity contribution in [3.05, 3.63) is 35.4 Å². The molecule has 118 valence electrons. The molecule has 0 aliphatic carbocycles. The maximum Gasteiger partial charge on any atom is 0.354 e. The summed E-state index contributed by atoms with van der Waals surface area (Å²) in [5.74, 6) is -1.32. The highest BCUT2D eigenvalue weighted by Gasteiger charge is 2.24. The summed E-state index contributed by atoms with van der Waals surface area (Å²) in [6.07, 6.45) is 3.23. The van der Waals surface area contributed by atoms with Crippen LogP contribution >= 0.6 is 0 Å². The summed E-state index contributed by atoms with van der Waals surface area (Å²) < 4.78 is 2.92. The molecule has 8 heteroatoms. The first-order chi connectivity index (χ1) is 10.3. The molecule has 0 saturated carbocycles. The Kier molecular flexibility index (Phi) is 4.30. The van der Waals surface area contributed by atoms with Crippen molar-refractivity contribution in [1.29, 1.82) is 0 Å². The van der Waals surface area contributed by atoms with Crippen molar-refractivity contribution in [2.24, 2.45) is 7.05 Å². The lowest BCUT2D eigenvalue weighted by molar-refractivity contribution is -0.133. The van der Waals surface area contributed by atoms with Gasteiger partial charge in [-0.15, -0.1) is 0 Å². The van der Waals surface area contributed by atoms with Crippen LogP contribution in [0.4, 0.5) is 0 Å². The summed E-state index contributed by atoms with van der Waals surface area (Å²) in [6, 6.07) is 0.681. The molecule has 0 spiro atoms. The maximum absolute atomic E-state index is 12.5. The lowest BCUT2D eigenvalue weighted by Gasteiger charge is -2.22. The summed E-state index contributed by atoms with van der Waals surface area (Å²) in [4.78, 5) is 25.1. The number of carboxylic acids is 1. The molecule has 0 aliphatic heterocycles. The Bertz CT molecular complexity index is 703. The highest BCUT2D eigenvalue weighted by Crippen LogP contribution is 2.15. The number of hydrogen-bond acceptors (Lipinski definition) is 4. The van der Waals surface area contributed by atoms with Crippen molar-refractivity contribution in [2.75, 3.05) is 7.05 Å². The highest BCUT2D eigenvalue weighted by molar-refractivity contribution is 5.87. The Hall–Kier alpha value is -2.64. The SMILES string of the molecule is Cc1nn(C)cc1CN(C)C(=O)C(C)n1nccc1C(=O)O. The van der Waals surface area contributed by atoms with Crippen molar-refractivity contribution in [2.45, 2.75) is 26.4 Å². The predicted molar refractivity (Wildman–Crippen MR) is 78.3 cm³/mol. The van der Waals surface area contributed by atoms with Gasteiger partial charge in [-0.2, -0.15) is 10.2 Å². The molecule has 0 fully saturated rings. The molecule has 1 amide bonds. The molecular weight excluding hydrogens is 286 g/mol. The zero-order valence-corrected chi connectivity index (χ0v) is 13.0. The van der Waals surface area contributed by atoms with E-state index in [0.717, 1.165) is 11.3 Å². The second-order valence-electron chi connectivity index (χ2n) is 5.25. The molecule has 8 nitrogen and oxygen atoms in total. The first kappa shape index (κ1) is 15.7. The van der Waals surface area contributed by atoms with Gasteiger partial charge in [-0.05, 0) is 19.9 Å². The van der Waals surface area contributed by atoms with E-state index in [2.05, 4.69) is 10.2 Å². The van der Waals surface area contributed by atoms with Crippen LogP contribution in [-0.4, -0.2) is 48.5 Å². The van der Waals surface area contributed by atoms with Gasteiger partial charge in [0.25, 0.3) is 0 Å². The van der Waals surface area contributed by atoms with Crippen LogP contribution in [0.1, 0.15) is 34.7 Å². The van der Waals surface area contributed by atoms with Crippen LogP contribution in [0.25, 0.3) is 0 Å². The van der Waals surface area contributed by atoms with Gasteiger partial charge in [0.1, 0.15) is 11.7 Å². The molecule has 0 aliphatic rings. The van der Waals surface area contributed by atoms with E-state index < -0.39 is 12.0 Å². The Balaban J connectivity index is 2.14. The number of aryl methyl sites for hydroxylation is 2. The molecule has 0 saturated heterocycles. The molecular formula is C14H19N5O3. The van der Waals surface area contributed by atoms with Crippen molar-refractivity contribution >= 4 is 11.9 Å². The van der Waals surface area contributed by atoms with Crippen LogP contribution in [-0.2, 0) is 18.4 Å². The van der Waals surface area contributed by atoms with Crippen LogP contribution in [0.2, 0.25) is 0 Å². The molecule has 1 N–H and O–H groups in total. The van der Waals surface area contributed by atoms with Gasteiger partial charge in [0.05, 0.1) is 5.69 Å². The zero-order chi connectivity index (χ0) is 16.4. The lowest BCUT2D eigenvalue weighted by Crippen LogP contribution is -2.34. The monoisotopic (exact) mass is 305 g/mol. The van der Waals surface area contributed by atoms with E-state index in [1.54, 1.807) is 23.6 Å². The smallest absolute Gasteiger partial charge is 0.354 e. The number of amides is 1. The van der Waals surface area contributed by atoms with Crippen molar-refractivity contribution in [3.8, 4) is 0 Å². The van der Waals surface area contributed by atoms with Crippen molar-refractivity contribution in [1.82, 2.24) is 24.5 Å². The second-order valence-corrected chi connectivity index (χ2v) is 5.25. The minimum Gasteiger partial charge on any atom is -0.477 e. The average Bonchev–Trinajstić information content (AvgIpc) is 3.04. The van der Waals surface area contributed by atoms with Gasteiger partial charge in [-0.3, -0.25) is 9.48 Å². The number of likely N-dealkylation sites (N-methyl/N-ethyl adjacent to an activating group) is 1. The normalized spacial score (nSPS) is 12.2. The second kappa shape index (κ2) is 6.00. The van der Waals surface area contributed by atoms with Crippen molar-refractivity contribution < 1.29 is 14.7 Å². The van der Waals surface area contributed by atoms with E-state index in [4.69, 9.17) is 5.11 Å². The van der Waals surface area contributed by atoms with Gasteiger partial charge in [-0.1, -0.05) is 0 Å². The summed E-state index contributed by atoms with van der Waals surface area (Å²) in [7, 11) is 3.50. The Labute approximate surface area is 127 Å². The number of hydrogen-bond donors (Lipinski definition) is 1. The molecule has 1 unspecified atom stereocenters. The molecule has 1 atom stereocenters. The number of carboxylic acid groups (broad SMARTS) is 1. The van der Waals surface area contributed by atoms with Gasteiger partial charge < -0.3 is 10.0 Å². The number of carbonyl (C=O) groups excluding carboxylic acids is 1. The molecule has 2 aromatic heterocycles. The van der Waals surface area contributed by atoms with E-state index in [1.165, 1.54) is 16.9 Å². The fourth-order valence-corrected chi connectivity index (χ4v) is 2.35. The van der Waals surface area contributed by atoms with Crippen LogP contribution in [0.5, 0.6) is 0 Å². The predicted octanol–water partition coefficient (Wildman–Crippen LogP) is 0.843. The molecule has 0 aromatic carbocycles. The van der Waals surface area contributed by atoms with Crippen LogP contribution < -0.4 is 0 Å². The third-order valence-corrected chi connectivity index (χ3v) is 3.51. The number of rotatable bonds is 5. The van der Waals surface area contributed by atoms with Crippen LogP contribution in [0, 0.1) is 6.92 Å². The number of carbonyl (C=O) groups is 2. The average molecular weight is 305 g/mol. The quantitative estimate of drug-likeness (QED) is 0.883. The topological polar surface area (TPSA) is 93.3 Å². The molecule has 0 radical (unpaired) electrons. The van der Waals surface area contributed by atoms with E-state index in [0.29, 0.717) is 6.54 Å². The Morgan fingerprint density at radius 2 is 2.14 bits per heavy atom. The van der Waals surface area contributed by atoms with Crippen LogP contribution in [0.15, 0.2) is 18.5 Å². The molecule has 2 rings (SSSR count). The number of aromatic nitrogens is 4. The third-order valence-electron chi connectivity index (χ3n) is 3.51. The van der Waals surface area contributed by atoms with Crippen molar-refractivity contribution in [3.63, 3.8) is 0 Å².